The Balaban J connectivity index is 2.09. The van der Waals surface area contributed by atoms with Gasteiger partial charge in [-0.25, -0.2) is 9.07 Å². The van der Waals surface area contributed by atoms with E-state index in [0.29, 0.717) is 5.69 Å². The third-order valence-electron chi connectivity index (χ3n) is 3.43. The zero-order valence-electron chi connectivity index (χ0n) is 11.7. The average Bonchev–Trinajstić information content (AvgIpc) is 2.97. The first-order valence-corrected chi connectivity index (χ1v) is 6.81. The molecular formula is C17H16FN3. The van der Waals surface area contributed by atoms with Gasteiger partial charge in [-0.05, 0) is 24.1 Å². The van der Waals surface area contributed by atoms with Gasteiger partial charge in [0.15, 0.2) is 0 Å². The number of hydrogen-bond donors (Lipinski definition) is 1. The van der Waals surface area contributed by atoms with E-state index in [1.165, 1.54) is 6.07 Å². The van der Waals surface area contributed by atoms with Crippen molar-refractivity contribution in [2.75, 3.05) is 0 Å². The molecule has 1 atom stereocenters. The Morgan fingerprint density at radius 3 is 2.52 bits per heavy atom. The second-order valence-electron chi connectivity index (χ2n) is 5.01. The molecule has 4 heteroatoms. The lowest BCUT2D eigenvalue weighted by atomic mass is 10.1. The highest BCUT2D eigenvalue weighted by Gasteiger charge is 2.14. The Morgan fingerprint density at radius 2 is 1.81 bits per heavy atom. The first-order valence-electron chi connectivity index (χ1n) is 6.81. The standard InChI is InChI=1S/C17H16FN3/c1-12(19)15-8-5-9-16(18)17(15)21-11-14(10-20-21)13-6-3-2-4-7-13/h2-12H,19H2,1H3/t12-/m1/s1. The summed E-state index contributed by atoms with van der Waals surface area (Å²) in [6.07, 6.45) is 3.55. The van der Waals surface area contributed by atoms with E-state index in [2.05, 4.69) is 5.10 Å². The van der Waals surface area contributed by atoms with Crippen molar-refractivity contribution in [1.82, 2.24) is 9.78 Å². The largest absolute Gasteiger partial charge is 0.324 e. The zero-order valence-corrected chi connectivity index (χ0v) is 11.7. The van der Waals surface area contributed by atoms with E-state index in [4.69, 9.17) is 5.73 Å². The third-order valence-corrected chi connectivity index (χ3v) is 3.43. The molecule has 1 aromatic heterocycles. The van der Waals surface area contributed by atoms with Crippen LogP contribution in [-0.2, 0) is 0 Å². The van der Waals surface area contributed by atoms with Crippen LogP contribution in [0.3, 0.4) is 0 Å². The predicted molar refractivity (Wildman–Crippen MR) is 81.6 cm³/mol. The first-order chi connectivity index (χ1) is 10.2. The molecule has 2 aromatic carbocycles. The second kappa shape index (κ2) is 5.50. The molecular weight excluding hydrogens is 265 g/mol. The van der Waals surface area contributed by atoms with Crippen LogP contribution in [0.25, 0.3) is 16.8 Å². The molecule has 0 unspecified atom stereocenters. The van der Waals surface area contributed by atoms with Crippen LogP contribution in [0.4, 0.5) is 4.39 Å². The maximum Gasteiger partial charge on any atom is 0.149 e. The summed E-state index contributed by atoms with van der Waals surface area (Å²) in [5.41, 5.74) is 9.06. The van der Waals surface area contributed by atoms with Crippen molar-refractivity contribution >= 4 is 0 Å². The number of hydrogen-bond acceptors (Lipinski definition) is 2. The molecule has 0 fully saturated rings. The van der Waals surface area contributed by atoms with E-state index >= 15 is 0 Å². The summed E-state index contributed by atoms with van der Waals surface area (Å²) in [6.45, 7) is 1.83. The zero-order chi connectivity index (χ0) is 14.8. The van der Waals surface area contributed by atoms with Crippen LogP contribution in [0, 0.1) is 5.82 Å². The molecule has 0 aliphatic heterocycles. The molecule has 0 aliphatic carbocycles. The summed E-state index contributed by atoms with van der Waals surface area (Å²) in [5, 5.41) is 4.29. The van der Waals surface area contributed by atoms with Crippen LogP contribution in [0.1, 0.15) is 18.5 Å². The van der Waals surface area contributed by atoms with Gasteiger partial charge in [0.1, 0.15) is 11.5 Å². The van der Waals surface area contributed by atoms with Crippen LogP contribution in [0.15, 0.2) is 60.9 Å². The van der Waals surface area contributed by atoms with Crippen LogP contribution in [0.2, 0.25) is 0 Å². The van der Waals surface area contributed by atoms with Gasteiger partial charge in [-0.3, -0.25) is 0 Å². The van der Waals surface area contributed by atoms with E-state index in [0.717, 1.165) is 16.7 Å². The number of aromatic nitrogens is 2. The van der Waals surface area contributed by atoms with Gasteiger partial charge in [-0.15, -0.1) is 0 Å². The molecule has 0 saturated heterocycles. The molecule has 3 nitrogen and oxygen atoms in total. The van der Waals surface area contributed by atoms with Crippen molar-refractivity contribution in [1.29, 1.82) is 0 Å². The lowest BCUT2D eigenvalue weighted by Gasteiger charge is -2.13. The SMILES string of the molecule is C[C@@H](N)c1cccc(F)c1-n1cc(-c2ccccc2)cn1. The molecule has 1 heterocycles. The van der Waals surface area contributed by atoms with Gasteiger partial charge in [0, 0.05) is 17.8 Å². The molecule has 0 radical (unpaired) electrons. The van der Waals surface area contributed by atoms with Gasteiger partial charge < -0.3 is 5.73 Å². The molecule has 106 valence electrons. The number of nitrogens with zero attached hydrogens (tertiary/aromatic N) is 2. The number of para-hydroxylation sites is 1. The van der Waals surface area contributed by atoms with E-state index in [1.807, 2.05) is 49.5 Å². The van der Waals surface area contributed by atoms with E-state index < -0.39 is 0 Å². The summed E-state index contributed by atoms with van der Waals surface area (Å²) >= 11 is 0. The summed E-state index contributed by atoms with van der Waals surface area (Å²) in [5.74, 6) is -0.326. The summed E-state index contributed by atoms with van der Waals surface area (Å²) in [6, 6.07) is 14.5. The van der Waals surface area contributed by atoms with Crippen molar-refractivity contribution in [2.24, 2.45) is 5.73 Å². The van der Waals surface area contributed by atoms with Crippen molar-refractivity contribution in [3.63, 3.8) is 0 Å². The molecule has 21 heavy (non-hydrogen) atoms. The van der Waals surface area contributed by atoms with E-state index in [1.54, 1.807) is 16.9 Å². The fourth-order valence-electron chi connectivity index (χ4n) is 2.37. The van der Waals surface area contributed by atoms with Crippen LogP contribution >= 0.6 is 0 Å². The predicted octanol–water partition coefficient (Wildman–Crippen LogP) is 3.70. The minimum atomic E-state index is -0.326. The Morgan fingerprint density at radius 1 is 1.05 bits per heavy atom. The van der Waals surface area contributed by atoms with E-state index in [-0.39, 0.29) is 11.9 Å². The van der Waals surface area contributed by atoms with Gasteiger partial charge in [-0.2, -0.15) is 5.10 Å². The topological polar surface area (TPSA) is 43.8 Å². The highest BCUT2D eigenvalue weighted by atomic mass is 19.1. The molecule has 0 bridgehead atoms. The quantitative estimate of drug-likeness (QED) is 0.795. The lowest BCUT2D eigenvalue weighted by Crippen LogP contribution is -2.11. The maximum absolute atomic E-state index is 14.2. The highest BCUT2D eigenvalue weighted by Crippen LogP contribution is 2.25. The number of nitrogens with two attached hydrogens (primary N) is 1. The summed E-state index contributed by atoms with van der Waals surface area (Å²) in [4.78, 5) is 0. The van der Waals surface area contributed by atoms with Gasteiger partial charge in [0.2, 0.25) is 0 Å². The van der Waals surface area contributed by atoms with Crippen molar-refractivity contribution in [2.45, 2.75) is 13.0 Å². The minimum Gasteiger partial charge on any atom is -0.324 e. The van der Waals surface area contributed by atoms with Gasteiger partial charge in [0.05, 0.1) is 6.20 Å². The van der Waals surface area contributed by atoms with Crippen LogP contribution < -0.4 is 5.73 Å². The lowest BCUT2D eigenvalue weighted by molar-refractivity contribution is 0.603. The van der Waals surface area contributed by atoms with Gasteiger partial charge in [0.25, 0.3) is 0 Å². The molecule has 3 aromatic rings. The molecule has 0 amide bonds. The monoisotopic (exact) mass is 281 g/mol. The van der Waals surface area contributed by atoms with Crippen molar-refractivity contribution < 1.29 is 4.39 Å². The maximum atomic E-state index is 14.2. The average molecular weight is 281 g/mol. The van der Waals surface area contributed by atoms with Crippen LogP contribution in [-0.4, -0.2) is 9.78 Å². The molecule has 0 aliphatic rings. The highest BCUT2D eigenvalue weighted by molar-refractivity contribution is 5.62. The van der Waals surface area contributed by atoms with E-state index in [9.17, 15) is 4.39 Å². The normalized spacial score (nSPS) is 12.3. The fourth-order valence-corrected chi connectivity index (χ4v) is 2.37. The fraction of sp³-hybridized carbons (Fsp3) is 0.118. The smallest absolute Gasteiger partial charge is 0.149 e. The van der Waals surface area contributed by atoms with Crippen LogP contribution in [0.5, 0.6) is 0 Å². The Bertz CT molecular complexity index is 748. The van der Waals surface area contributed by atoms with Crippen molar-refractivity contribution in [3.05, 3.63) is 72.3 Å². The third kappa shape index (κ3) is 2.58. The van der Waals surface area contributed by atoms with Gasteiger partial charge in [-0.1, -0.05) is 42.5 Å². The summed E-state index contributed by atoms with van der Waals surface area (Å²) in [7, 11) is 0. The number of halogens is 1. The summed E-state index contributed by atoms with van der Waals surface area (Å²) < 4.78 is 15.7. The molecule has 3 rings (SSSR count). The molecule has 2 N–H and O–H groups in total. The van der Waals surface area contributed by atoms with Crippen molar-refractivity contribution in [3.8, 4) is 16.8 Å². The number of benzene rings is 2. The first kappa shape index (κ1) is 13.5. The molecule has 0 spiro atoms. The Labute approximate surface area is 122 Å². The minimum absolute atomic E-state index is 0.264. The van der Waals surface area contributed by atoms with Gasteiger partial charge >= 0.3 is 0 Å². The number of rotatable bonds is 3. The Hall–Kier alpha value is -2.46. The second-order valence-corrected chi connectivity index (χ2v) is 5.01. The molecule has 0 saturated carbocycles. The Kier molecular flexibility index (Phi) is 3.54.